The first-order chi connectivity index (χ1) is 7.84. The van der Waals surface area contributed by atoms with Crippen molar-refractivity contribution in [2.75, 3.05) is 0 Å². The van der Waals surface area contributed by atoms with E-state index in [1.807, 2.05) is 6.07 Å². The largest absolute Gasteiger partial charge is 0.480 e. The van der Waals surface area contributed by atoms with Crippen molar-refractivity contribution < 1.29 is 18.3 Å². The Hall–Kier alpha value is -0.920. The number of hydrogen-bond donors (Lipinski definition) is 2. The van der Waals surface area contributed by atoms with Crippen molar-refractivity contribution in [3.05, 3.63) is 34.3 Å². The maximum atomic E-state index is 11.5. The van der Waals surface area contributed by atoms with Gasteiger partial charge in [-0.05, 0) is 18.6 Å². The van der Waals surface area contributed by atoms with Gasteiger partial charge in [-0.3, -0.25) is 4.79 Å². The van der Waals surface area contributed by atoms with E-state index in [1.54, 1.807) is 18.2 Å². The van der Waals surface area contributed by atoms with Crippen molar-refractivity contribution in [2.45, 2.75) is 18.7 Å². The van der Waals surface area contributed by atoms with E-state index < -0.39 is 21.2 Å². The number of carboxylic acids is 1. The SMILES string of the molecule is CC(C(=O)O)S(=O)(=O)NCc1ccccc1Br. The lowest BCUT2D eigenvalue weighted by atomic mass is 10.2. The summed E-state index contributed by atoms with van der Waals surface area (Å²) in [4.78, 5) is 10.6. The number of aliphatic carboxylic acids is 1. The van der Waals surface area contributed by atoms with Gasteiger partial charge in [-0.1, -0.05) is 34.1 Å². The van der Waals surface area contributed by atoms with E-state index in [9.17, 15) is 13.2 Å². The lowest BCUT2D eigenvalue weighted by molar-refractivity contribution is -0.136. The summed E-state index contributed by atoms with van der Waals surface area (Å²) in [6.45, 7) is 1.19. The van der Waals surface area contributed by atoms with E-state index in [0.29, 0.717) is 0 Å². The molecule has 1 unspecified atom stereocenters. The molecule has 0 amide bonds. The molecule has 0 spiro atoms. The Balaban J connectivity index is 2.75. The maximum Gasteiger partial charge on any atom is 0.323 e. The predicted octanol–water partition coefficient (Wildman–Crippen LogP) is 1.34. The van der Waals surface area contributed by atoms with Gasteiger partial charge in [0, 0.05) is 11.0 Å². The smallest absolute Gasteiger partial charge is 0.323 e. The number of carbonyl (C=O) groups is 1. The number of carboxylic acid groups (broad SMARTS) is 1. The monoisotopic (exact) mass is 321 g/mol. The molecular weight excluding hydrogens is 310 g/mol. The van der Waals surface area contributed by atoms with E-state index >= 15 is 0 Å². The third-order valence-electron chi connectivity index (χ3n) is 2.23. The zero-order valence-electron chi connectivity index (χ0n) is 9.05. The van der Waals surface area contributed by atoms with Gasteiger partial charge in [0.1, 0.15) is 0 Å². The minimum absolute atomic E-state index is 0.0569. The molecule has 1 atom stereocenters. The topological polar surface area (TPSA) is 83.5 Å². The highest BCUT2D eigenvalue weighted by Gasteiger charge is 2.27. The highest BCUT2D eigenvalue weighted by molar-refractivity contribution is 9.10. The van der Waals surface area contributed by atoms with Gasteiger partial charge >= 0.3 is 5.97 Å². The number of nitrogens with one attached hydrogen (secondary N) is 1. The number of halogens is 1. The second-order valence-corrected chi connectivity index (χ2v) is 6.38. The molecule has 94 valence electrons. The highest BCUT2D eigenvalue weighted by Crippen LogP contribution is 2.15. The molecule has 2 N–H and O–H groups in total. The summed E-state index contributed by atoms with van der Waals surface area (Å²) in [5.74, 6) is -1.37. The molecule has 1 aromatic rings. The first-order valence-corrected chi connectivity index (χ1v) is 7.13. The van der Waals surface area contributed by atoms with Crippen LogP contribution in [0.5, 0.6) is 0 Å². The number of rotatable bonds is 5. The fraction of sp³-hybridized carbons (Fsp3) is 0.300. The number of sulfonamides is 1. The van der Waals surface area contributed by atoms with Crippen molar-refractivity contribution in [1.29, 1.82) is 0 Å². The molecule has 5 nitrogen and oxygen atoms in total. The quantitative estimate of drug-likeness (QED) is 0.857. The van der Waals surface area contributed by atoms with Crippen LogP contribution in [-0.2, 0) is 21.4 Å². The van der Waals surface area contributed by atoms with Crippen molar-refractivity contribution in [3.8, 4) is 0 Å². The van der Waals surface area contributed by atoms with Gasteiger partial charge in [0.15, 0.2) is 5.25 Å². The molecule has 7 heteroatoms. The molecule has 0 aliphatic rings. The summed E-state index contributed by atoms with van der Waals surface area (Å²) in [6, 6.07) is 7.11. The summed E-state index contributed by atoms with van der Waals surface area (Å²) >= 11 is 3.28. The van der Waals surface area contributed by atoms with Gasteiger partial charge < -0.3 is 5.11 Å². The molecule has 0 bridgehead atoms. The minimum Gasteiger partial charge on any atom is -0.480 e. The summed E-state index contributed by atoms with van der Waals surface area (Å²) in [5.41, 5.74) is 0.744. The van der Waals surface area contributed by atoms with Crippen LogP contribution in [0.15, 0.2) is 28.7 Å². The average Bonchev–Trinajstić information content (AvgIpc) is 2.27. The lowest BCUT2D eigenvalue weighted by Gasteiger charge is -2.10. The molecular formula is C10H12BrNO4S. The van der Waals surface area contributed by atoms with Crippen LogP contribution < -0.4 is 4.72 Å². The number of benzene rings is 1. The first-order valence-electron chi connectivity index (χ1n) is 4.79. The Labute approximate surface area is 108 Å². The Kier molecular flexibility index (Phi) is 4.67. The molecule has 1 rings (SSSR count). The summed E-state index contributed by atoms with van der Waals surface area (Å²) in [5, 5.41) is 7.17. The molecule has 0 fully saturated rings. The Bertz CT molecular complexity index is 515. The van der Waals surface area contributed by atoms with Crippen molar-refractivity contribution in [1.82, 2.24) is 4.72 Å². The second-order valence-electron chi connectivity index (χ2n) is 3.44. The zero-order chi connectivity index (χ0) is 13.1. The standard InChI is InChI=1S/C10H12BrNO4S/c1-7(10(13)14)17(15,16)12-6-8-4-2-3-5-9(8)11/h2-5,7,12H,6H2,1H3,(H,13,14). The van der Waals surface area contributed by atoms with Gasteiger partial charge in [0.2, 0.25) is 10.0 Å². The second kappa shape index (κ2) is 5.61. The number of hydrogen-bond acceptors (Lipinski definition) is 3. The maximum absolute atomic E-state index is 11.5. The molecule has 0 aromatic heterocycles. The van der Waals surface area contributed by atoms with Crippen molar-refractivity contribution in [3.63, 3.8) is 0 Å². The Morgan fingerprint density at radius 3 is 2.59 bits per heavy atom. The summed E-state index contributed by atoms with van der Waals surface area (Å²) in [6.07, 6.45) is 0. The van der Waals surface area contributed by atoms with Crippen LogP contribution in [0.4, 0.5) is 0 Å². The van der Waals surface area contributed by atoms with Gasteiger partial charge in [0.25, 0.3) is 0 Å². The van der Waals surface area contributed by atoms with E-state index in [-0.39, 0.29) is 6.54 Å². The van der Waals surface area contributed by atoms with Gasteiger partial charge in [-0.15, -0.1) is 0 Å². The summed E-state index contributed by atoms with van der Waals surface area (Å²) in [7, 11) is -3.84. The molecule has 0 radical (unpaired) electrons. The van der Waals surface area contributed by atoms with E-state index in [0.717, 1.165) is 17.0 Å². The molecule has 1 aromatic carbocycles. The van der Waals surface area contributed by atoms with Crippen LogP contribution in [0.3, 0.4) is 0 Å². The average molecular weight is 322 g/mol. The van der Waals surface area contributed by atoms with E-state index in [4.69, 9.17) is 5.11 Å². The molecule has 0 aliphatic heterocycles. The molecule has 0 aliphatic carbocycles. The van der Waals surface area contributed by atoms with Crippen molar-refractivity contribution in [2.24, 2.45) is 0 Å². The third kappa shape index (κ3) is 3.79. The van der Waals surface area contributed by atoms with Crippen LogP contribution >= 0.6 is 15.9 Å². The first kappa shape index (κ1) is 14.1. The van der Waals surface area contributed by atoms with Crippen LogP contribution in [0.1, 0.15) is 12.5 Å². The van der Waals surface area contributed by atoms with E-state index in [2.05, 4.69) is 20.7 Å². The van der Waals surface area contributed by atoms with Crippen LogP contribution in [0.25, 0.3) is 0 Å². The van der Waals surface area contributed by atoms with Gasteiger partial charge in [-0.25, -0.2) is 13.1 Å². The van der Waals surface area contributed by atoms with E-state index in [1.165, 1.54) is 0 Å². The zero-order valence-corrected chi connectivity index (χ0v) is 11.5. The highest BCUT2D eigenvalue weighted by atomic mass is 79.9. The Morgan fingerprint density at radius 1 is 1.47 bits per heavy atom. The molecule has 17 heavy (non-hydrogen) atoms. The fourth-order valence-corrected chi connectivity index (χ4v) is 2.37. The Morgan fingerprint density at radius 2 is 2.06 bits per heavy atom. The predicted molar refractivity (Wildman–Crippen MR) is 67.0 cm³/mol. The molecule has 0 heterocycles. The molecule has 0 saturated heterocycles. The normalized spacial score (nSPS) is 13.3. The van der Waals surface area contributed by atoms with Crippen LogP contribution in [0, 0.1) is 0 Å². The van der Waals surface area contributed by atoms with Crippen LogP contribution in [0.2, 0.25) is 0 Å². The summed E-state index contributed by atoms with van der Waals surface area (Å²) < 4.78 is 26.1. The molecule has 0 saturated carbocycles. The fourth-order valence-electron chi connectivity index (χ4n) is 1.08. The third-order valence-corrected chi connectivity index (χ3v) is 4.69. The van der Waals surface area contributed by atoms with Gasteiger partial charge in [-0.2, -0.15) is 0 Å². The van der Waals surface area contributed by atoms with Crippen LogP contribution in [-0.4, -0.2) is 24.7 Å². The van der Waals surface area contributed by atoms with Crippen molar-refractivity contribution >= 4 is 31.9 Å². The lowest BCUT2D eigenvalue weighted by Crippen LogP contribution is -2.37. The van der Waals surface area contributed by atoms with Gasteiger partial charge in [0.05, 0.1) is 0 Å². The minimum atomic E-state index is -3.84.